The van der Waals surface area contributed by atoms with E-state index in [0.717, 1.165) is 32.1 Å². The first-order chi connectivity index (χ1) is 11.4. The van der Waals surface area contributed by atoms with Crippen molar-refractivity contribution in [2.24, 2.45) is 5.92 Å². The van der Waals surface area contributed by atoms with E-state index in [1.165, 1.54) is 6.07 Å². The number of hydrogen-bond donors (Lipinski definition) is 4. The van der Waals surface area contributed by atoms with Gasteiger partial charge < -0.3 is 25.1 Å². The van der Waals surface area contributed by atoms with Crippen LogP contribution < -0.4 is 9.97 Å². The van der Waals surface area contributed by atoms with Gasteiger partial charge in [0.15, 0.2) is 0 Å². The number of nitrogens with one attached hydrogen (secondary N) is 1. The van der Waals surface area contributed by atoms with Gasteiger partial charge in [0, 0.05) is 11.9 Å². The molecule has 4 N–H and O–H groups in total. The van der Waals surface area contributed by atoms with Crippen molar-refractivity contribution < 1.29 is 29.4 Å². The molecule has 1 heterocycles. The second-order valence-electron chi connectivity index (χ2n) is 6.63. The number of hydrogen-bond acceptors (Lipinski definition) is 5. The number of carboxylic acids is 1. The number of fused-ring (bicyclic) bond motifs is 1. The maximum Gasteiger partial charge on any atom is 0.452 e. The quantitative estimate of drug-likeness (QED) is 0.609. The highest BCUT2D eigenvalue weighted by atomic mass is 16.6. The highest BCUT2D eigenvalue weighted by Crippen LogP contribution is 2.33. The lowest BCUT2D eigenvalue weighted by molar-refractivity contribution is -0.126. The van der Waals surface area contributed by atoms with Gasteiger partial charge in [-0.15, -0.1) is 0 Å². The Kier molecular flexibility index (Phi) is 4.51. The van der Waals surface area contributed by atoms with Crippen LogP contribution in [0.25, 0.3) is 0 Å². The Morgan fingerprint density at radius 3 is 2.54 bits per heavy atom. The smallest absolute Gasteiger partial charge is 0.452 e. The van der Waals surface area contributed by atoms with Crippen molar-refractivity contribution in [2.45, 2.75) is 44.5 Å². The molecule has 1 atom stereocenters. The SMILES string of the molecule is O=C(O)c1cccc2c1O[B-](O)(O)C(NC(=O)C1CCCCC1)C2. The standard InChI is InChI=1S/C16H21BNO6/c19-15(10-5-2-1-3-6-10)18-13-9-11-7-4-8-12(16(20)21)14(11)24-17(13,22)23/h4,7-8,10,13,22-23H,1-3,5-6,9H2,(H,18,19)(H,20,21)/q-1. The molecule has 3 rings (SSSR count). The summed E-state index contributed by atoms with van der Waals surface area (Å²) in [6.45, 7) is -3.38. The minimum atomic E-state index is -3.38. The Bertz CT molecular complexity index is 656. The summed E-state index contributed by atoms with van der Waals surface area (Å²) in [6.07, 6.45) is 4.83. The van der Waals surface area contributed by atoms with Crippen LogP contribution in [0, 0.1) is 5.92 Å². The molecule has 1 saturated carbocycles. The van der Waals surface area contributed by atoms with Crippen molar-refractivity contribution in [3.63, 3.8) is 0 Å². The molecule has 130 valence electrons. The van der Waals surface area contributed by atoms with Crippen molar-refractivity contribution in [1.29, 1.82) is 0 Å². The van der Waals surface area contributed by atoms with Gasteiger partial charge in [-0.1, -0.05) is 31.4 Å². The Labute approximate surface area is 139 Å². The molecule has 0 spiro atoms. The summed E-state index contributed by atoms with van der Waals surface area (Å²) in [4.78, 5) is 23.6. The van der Waals surface area contributed by atoms with E-state index in [2.05, 4.69) is 5.32 Å². The van der Waals surface area contributed by atoms with E-state index in [0.29, 0.717) is 5.56 Å². The Morgan fingerprint density at radius 2 is 1.88 bits per heavy atom. The topological polar surface area (TPSA) is 116 Å². The molecule has 0 saturated heterocycles. The van der Waals surface area contributed by atoms with Gasteiger partial charge in [0.05, 0.1) is 11.3 Å². The van der Waals surface area contributed by atoms with E-state index in [-0.39, 0.29) is 29.6 Å². The zero-order valence-corrected chi connectivity index (χ0v) is 13.3. The minimum absolute atomic E-state index is 0.0434. The molecule has 1 unspecified atom stereocenters. The molecule has 2 aliphatic rings. The number of benzene rings is 1. The van der Waals surface area contributed by atoms with Gasteiger partial charge >= 0.3 is 12.7 Å². The predicted octanol–water partition coefficient (Wildman–Crippen LogP) is 0.847. The summed E-state index contributed by atoms with van der Waals surface area (Å²) in [7, 11) is 0. The third-order valence-corrected chi connectivity index (χ3v) is 4.89. The van der Waals surface area contributed by atoms with Crippen molar-refractivity contribution in [3.05, 3.63) is 29.3 Å². The summed E-state index contributed by atoms with van der Waals surface area (Å²) in [5.74, 6) is -2.55. The van der Waals surface area contributed by atoms with Crippen LogP contribution in [-0.4, -0.2) is 39.7 Å². The fourth-order valence-corrected chi connectivity index (χ4v) is 3.52. The molecule has 0 aromatic heterocycles. The van der Waals surface area contributed by atoms with E-state index in [1.54, 1.807) is 12.1 Å². The fraction of sp³-hybridized carbons (Fsp3) is 0.500. The van der Waals surface area contributed by atoms with Gasteiger partial charge in [0.2, 0.25) is 5.91 Å². The largest absolute Gasteiger partial charge is 0.668 e. The Balaban J connectivity index is 1.79. The van der Waals surface area contributed by atoms with Crippen molar-refractivity contribution in [2.75, 3.05) is 0 Å². The summed E-state index contributed by atoms with van der Waals surface area (Å²) >= 11 is 0. The minimum Gasteiger partial charge on any atom is -0.668 e. The van der Waals surface area contributed by atoms with E-state index in [1.807, 2.05) is 0 Å². The maximum absolute atomic E-state index is 12.4. The Hall–Kier alpha value is -2.06. The summed E-state index contributed by atoms with van der Waals surface area (Å²) in [5.41, 5.74) is 0.406. The number of carboxylic acid groups (broad SMARTS) is 1. The van der Waals surface area contributed by atoms with Crippen LogP contribution in [0.3, 0.4) is 0 Å². The summed E-state index contributed by atoms with van der Waals surface area (Å²) in [5, 5.41) is 32.3. The number of amides is 1. The van der Waals surface area contributed by atoms with E-state index >= 15 is 0 Å². The molecule has 1 aliphatic carbocycles. The van der Waals surface area contributed by atoms with Gasteiger partial charge in [0.25, 0.3) is 0 Å². The first kappa shape index (κ1) is 16.8. The molecule has 1 aliphatic heterocycles. The summed E-state index contributed by atoms with van der Waals surface area (Å²) < 4.78 is 5.19. The highest BCUT2D eigenvalue weighted by Gasteiger charge is 2.41. The summed E-state index contributed by atoms with van der Waals surface area (Å²) in [6, 6.07) is 4.57. The average molecular weight is 334 g/mol. The average Bonchev–Trinajstić information content (AvgIpc) is 2.55. The van der Waals surface area contributed by atoms with Gasteiger partial charge in [-0.3, -0.25) is 4.79 Å². The van der Waals surface area contributed by atoms with Gasteiger partial charge in [-0.05, 0) is 30.9 Å². The lowest BCUT2D eigenvalue weighted by Crippen LogP contribution is -2.65. The second kappa shape index (κ2) is 6.45. The molecule has 1 aromatic rings. The zero-order chi connectivity index (χ0) is 17.3. The molecule has 1 amide bonds. The molecule has 7 nitrogen and oxygen atoms in total. The molecule has 24 heavy (non-hydrogen) atoms. The molecule has 8 heteroatoms. The third kappa shape index (κ3) is 3.25. The van der Waals surface area contributed by atoms with Gasteiger partial charge in [-0.2, -0.15) is 0 Å². The fourth-order valence-electron chi connectivity index (χ4n) is 3.52. The van der Waals surface area contributed by atoms with E-state index in [4.69, 9.17) is 4.65 Å². The van der Waals surface area contributed by atoms with E-state index < -0.39 is 18.7 Å². The van der Waals surface area contributed by atoms with Crippen molar-refractivity contribution in [1.82, 2.24) is 5.32 Å². The second-order valence-corrected chi connectivity index (χ2v) is 6.63. The van der Waals surface area contributed by atoms with Gasteiger partial charge in [0.1, 0.15) is 0 Å². The molecule has 0 bridgehead atoms. The van der Waals surface area contributed by atoms with Crippen molar-refractivity contribution >= 4 is 18.6 Å². The van der Waals surface area contributed by atoms with Gasteiger partial charge in [-0.25, -0.2) is 4.79 Å². The molecular weight excluding hydrogens is 313 g/mol. The number of carbonyl (C=O) groups excluding carboxylic acids is 1. The molecule has 0 radical (unpaired) electrons. The molecular formula is C16H21BNO6-. The molecule has 1 fully saturated rings. The first-order valence-electron chi connectivity index (χ1n) is 8.32. The normalized spacial score (nSPS) is 23.0. The van der Waals surface area contributed by atoms with Crippen LogP contribution in [0.4, 0.5) is 0 Å². The third-order valence-electron chi connectivity index (χ3n) is 4.89. The van der Waals surface area contributed by atoms with Crippen LogP contribution in [0.15, 0.2) is 18.2 Å². The number of aromatic carboxylic acids is 1. The van der Waals surface area contributed by atoms with Crippen LogP contribution >= 0.6 is 0 Å². The molecule has 1 aromatic carbocycles. The van der Waals surface area contributed by atoms with Crippen LogP contribution in [0.2, 0.25) is 0 Å². The highest BCUT2D eigenvalue weighted by molar-refractivity contribution is 6.61. The zero-order valence-electron chi connectivity index (χ0n) is 13.3. The lowest BCUT2D eigenvalue weighted by Gasteiger charge is -2.44. The predicted molar refractivity (Wildman–Crippen MR) is 86.4 cm³/mol. The number of carbonyl (C=O) groups is 2. The van der Waals surface area contributed by atoms with Crippen molar-refractivity contribution in [3.8, 4) is 5.75 Å². The number of para-hydroxylation sites is 1. The van der Waals surface area contributed by atoms with Crippen LogP contribution in [0.5, 0.6) is 5.75 Å². The first-order valence-corrected chi connectivity index (χ1v) is 8.32. The van der Waals surface area contributed by atoms with Crippen LogP contribution in [-0.2, 0) is 11.2 Å². The maximum atomic E-state index is 12.4. The lowest BCUT2D eigenvalue weighted by atomic mass is 9.64. The number of rotatable bonds is 3. The monoisotopic (exact) mass is 334 g/mol. The van der Waals surface area contributed by atoms with E-state index in [9.17, 15) is 24.7 Å². The Morgan fingerprint density at radius 1 is 1.17 bits per heavy atom. The van der Waals surface area contributed by atoms with Crippen LogP contribution in [0.1, 0.15) is 48.0 Å².